The second kappa shape index (κ2) is 4.57. The Balaban J connectivity index is 2.21. The second-order valence-corrected chi connectivity index (χ2v) is 3.75. The fourth-order valence-electron chi connectivity index (χ4n) is 1.74. The van der Waals surface area contributed by atoms with E-state index in [1.54, 1.807) is 0 Å². The Hall–Kier alpha value is -1.22. The molecule has 8 heteroatoms. The molecule has 0 aromatic heterocycles. The largest absolute Gasteiger partial charge is 0.394 e. The van der Waals surface area contributed by atoms with Crippen LogP contribution in [-0.2, 0) is 9.53 Å². The Morgan fingerprint density at radius 2 is 2.18 bits per heavy atom. The lowest BCUT2D eigenvalue weighted by Crippen LogP contribution is -2.56. The predicted octanol–water partition coefficient (Wildman–Crippen LogP) is -2.63. The van der Waals surface area contributed by atoms with Gasteiger partial charge in [-0.05, 0) is 0 Å². The summed E-state index contributed by atoms with van der Waals surface area (Å²) >= 11 is 0. The molecule has 2 saturated heterocycles. The summed E-state index contributed by atoms with van der Waals surface area (Å²) < 4.78 is 20.2. The number of imide groups is 1. The minimum absolute atomic E-state index is 0.573. The molecule has 4 N–H and O–H groups in total. The molecule has 0 aliphatic carbocycles. The molecule has 2 aliphatic rings. The smallest absolute Gasteiger partial charge is 0.326 e. The van der Waals surface area contributed by atoms with E-state index in [1.807, 2.05) is 5.32 Å². The molecule has 2 rings (SSSR count). The Kier molecular flexibility index (Phi) is 2.63. The monoisotopic (exact) mass is 248 g/mol. The van der Waals surface area contributed by atoms with Crippen LogP contribution in [0.5, 0.6) is 0 Å². The van der Waals surface area contributed by atoms with Gasteiger partial charge in [0.2, 0.25) is 5.91 Å². The first kappa shape index (κ1) is 9.77. The summed E-state index contributed by atoms with van der Waals surface area (Å²) in [7, 11) is 0. The van der Waals surface area contributed by atoms with Crippen LogP contribution in [0.2, 0.25) is 0 Å². The molecule has 17 heavy (non-hydrogen) atoms. The maximum Gasteiger partial charge on any atom is 0.326 e. The summed E-state index contributed by atoms with van der Waals surface area (Å²) in [5.74, 6) is -0.909. The van der Waals surface area contributed by atoms with Gasteiger partial charge in [-0.3, -0.25) is 15.0 Å². The number of carbonyl (C=O) groups excluding carboxylic acids is 2. The molecule has 6 atom stereocenters. The third kappa shape index (κ3) is 2.12. The van der Waals surface area contributed by atoms with E-state index in [1.165, 1.54) is 0 Å². The first-order valence-corrected chi connectivity index (χ1v) is 4.98. The summed E-state index contributed by atoms with van der Waals surface area (Å²) in [5, 5.41) is 30.1. The molecule has 96 valence electrons. The van der Waals surface area contributed by atoms with Crippen LogP contribution in [0.3, 0.4) is 0 Å². The molecular weight excluding hydrogens is 232 g/mol. The van der Waals surface area contributed by atoms with Crippen molar-refractivity contribution in [1.29, 1.82) is 0 Å². The zero-order chi connectivity index (χ0) is 14.3. The van der Waals surface area contributed by atoms with Crippen molar-refractivity contribution in [3.05, 3.63) is 0 Å². The highest BCUT2D eigenvalue weighted by atomic mass is 16.6. The Morgan fingerprint density at radius 1 is 1.47 bits per heavy atom. The standard InChI is InChI=1S/C9H14N2O6/c12-3-4-6(14)7(15)8(17-4)11-2-1-5(13)10-9(11)16/h4,6-8,12,14-15H,1-3H2,(H,10,13,16)/i1D,2D. The molecule has 3 amide bonds. The number of rotatable bonds is 2. The van der Waals surface area contributed by atoms with Crippen LogP contribution in [0, 0.1) is 0 Å². The highest BCUT2D eigenvalue weighted by Gasteiger charge is 2.47. The molecule has 0 radical (unpaired) electrons. The van der Waals surface area contributed by atoms with Gasteiger partial charge in [0.05, 0.1) is 7.98 Å². The average Bonchev–Trinajstić information content (AvgIpc) is 2.64. The number of aliphatic hydroxyl groups excluding tert-OH is 3. The fraction of sp³-hybridized carbons (Fsp3) is 0.778. The van der Waals surface area contributed by atoms with Crippen molar-refractivity contribution in [3.63, 3.8) is 0 Å². The zero-order valence-corrected chi connectivity index (χ0v) is 8.68. The van der Waals surface area contributed by atoms with Crippen molar-refractivity contribution >= 4 is 11.9 Å². The lowest BCUT2D eigenvalue weighted by Gasteiger charge is -2.32. The first-order chi connectivity index (χ1) is 8.88. The van der Waals surface area contributed by atoms with Crippen molar-refractivity contribution in [3.8, 4) is 0 Å². The van der Waals surface area contributed by atoms with Gasteiger partial charge in [-0.1, -0.05) is 0 Å². The lowest BCUT2D eigenvalue weighted by molar-refractivity contribution is -0.125. The van der Waals surface area contributed by atoms with Crippen molar-refractivity contribution in [2.24, 2.45) is 0 Å². The molecule has 8 nitrogen and oxygen atoms in total. The SMILES string of the molecule is [2H]C1C(=O)NC(=O)N(C2OC(CO)C(O)C2O)C1[2H]. The molecule has 0 bridgehead atoms. The minimum atomic E-state index is -1.56. The van der Waals surface area contributed by atoms with Crippen molar-refractivity contribution in [2.45, 2.75) is 30.9 Å². The van der Waals surface area contributed by atoms with Crippen LogP contribution < -0.4 is 5.32 Å². The van der Waals surface area contributed by atoms with Gasteiger partial charge < -0.3 is 20.1 Å². The van der Waals surface area contributed by atoms with E-state index in [9.17, 15) is 19.8 Å². The lowest BCUT2D eigenvalue weighted by atomic mass is 10.1. The average molecular weight is 248 g/mol. The van der Waals surface area contributed by atoms with Crippen molar-refractivity contribution < 1.29 is 32.4 Å². The van der Waals surface area contributed by atoms with Crippen molar-refractivity contribution in [1.82, 2.24) is 10.2 Å². The summed E-state index contributed by atoms with van der Waals surface area (Å²) in [6.07, 6.45) is -6.98. The summed E-state index contributed by atoms with van der Waals surface area (Å²) in [4.78, 5) is 23.5. The van der Waals surface area contributed by atoms with E-state index < -0.39 is 56.0 Å². The number of nitrogens with zero attached hydrogens (tertiary/aromatic N) is 1. The predicted molar refractivity (Wildman–Crippen MR) is 52.6 cm³/mol. The fourth-order valence-corrected chi connectivity index (χ4v) is 1.74. The van der Waals surface area contributed by atoms with E-state index in [4.69, 9.17) is 12.6 Å². The highest BCUT2D eigenvalue weighted by molar-refractivity contribution is 5.96. The van der Waals surface area contributed by atoms with Gasteiger partial charge >= 0.3 is 6.03 Å². The number of ether oxygens (including phenoxy) is 1. The third-order valence-electron chi connectivity index (χ3n) is 2.64. The van der Waals surface area contributed by atoms with Crippen LogP contribution in [0.1, 0.15) is 9.14 Å². The number of nitrogens with one attached hydrogen (secondary N) is 1. The first-order valence-electron chi connectivity index (χ1n) is 6.14. The molecular formula is C9H14N2O6. The van der Waals surface area contributed by atoms with Gasteiger partial charge in [-0.2, -0.15) is 0 Å². The van der Waals surface area contributed by atoms with Gasteiger partial charge in [0, 0.05) is 14.3 Å². The highest BCUT2D eigenvalue weighted by Crippen LogP contribution is 2.25. The number of carbonyl (C=O) groups is 2. The number of amides is 3. The molecule has 0 aromatic carbocycles. The van der Waals surface area contributed by atoms with Crippen LogP contribution in [-0.4, -0.2) is 69.8 Å². The van der Waals surface area contributed by atoms with Crippen molar-refractivity contribution in [2.75, 3.05) is 13.1 Å². The van der Waals surface area contributed by atoms with Crippen LogP contribution >= 0.6 is 0 Å². The van der Waals surface area contributed by atoms with E-state index in [0.717, 1.165) is 0 Å². The number of hydrogen-bond donors (Lipinski definition) is 4. The molecule has 0 saturated carbocycles. The number of urea groups is 1. The third-order valence-corrected chi connectivity index (χ3v) is 2.64. The molecule has 2 heterocycles. The van der Waals surface area contributed by atoms with E-state index in [2.05, 4.69) is 0 Å². The Bertz CT molecular complexity index is 397. The summed E-state index contributed by atoms with van der Waals surface area (Å²) in [5.41, 5.74) is 0. The number of aliphatic hydroxyl groups is 3. The molecule has 2 aliphatic heterocycles. The minimum Gasteiger partial charge on any atom is -0.394 e. The van der Waals surface area contributed by atoms with E-state index in [-0.39, 0.29) is 0 Å². The second-order valence-electron chi connectivity index (χ2n) is 3.75. The summed E-state index contributed by atoms with van der Waals surface area (Å²) in [6, 6.07) is -0.983. The van der Waals surface area contributed by atoms with Crippen LogP contribution in [0.25, 0.3) is 0 Å². The van der Waals surface area contributed by atoms with Gasteiger partial charge in [0.15, 0.2) is 6.23 Å². The van der Waals surface area contributed by atoms with E-state index >= 15 is 0 Å². The summed E-state index contributed by atoms with van der Waals surface area (Å²) in [6.45, 7) is -2.14. The van der Waals surface area contributed by atoms with Gasteiger partial charge in [0.25, 0.3) is 0 Å². The normalized spacial score (nSPS) is 48.8. The topological polar surface area (TPSA) is 119 Å². The van der Waals surface area contributed by atoms with Crippen LogP contribution in [0.4, 0.5) is 4.79 Å². The van der Waals surface area contributed by atoms with Crippen LogP contribution in [0.15, 0.2) is 0 Å². The van der Waals surface area contributed by atoms with Gasteiger partial charge in [-0.15, -0.1) is 0 Å². The molecule has 2 fully saturated rings. The molecule has 0 aromatic rings. The maximum atomic E-state index is 11.7. The zero-order valence-electron chi connectivity index (χ0n) is 10.7. The molecule has 0 spiro atoms. The Morgan fingerprint density at radius 3 is 2.76 bits per heavy atom. The van der Waals surface area contributed by atoms with Gasteiger partial charge in [0.1, 0.15) is 18.3 Å². The van der Waals surface area contributed by atoms with Gasteiger partial charge in [-0.25, -0.2) is 4.79 Å². The Labute approximate surface area is 99.6 Å². The molecule has 6 unspecified atom stereocenters. The number of hydrogen-bond acceptors (Lipinski definition) is 6. The quantitative estimate of drug-likeness (QED) is 0.424. The maximum absolute atomic E-state index is 11.7. The van der Waals surface area contributed by atoms with E-state index in [0.29, 0.717) is 4.90 Å².